The topological polar surface area (TPSA) is 114 Å². The molecule has 0 heterocycles. The SMILES string of the molecule is CC(=O)NCCCCCC(=O)OCC(=O)NC(=O)NCC(F)(F)F. The summed E-state index contributed by atoms with van der Waals surface area (Å²) in [5, 5.41) is 5.63. The van der Waals surface area contributed by atoms with E-state index in [1.807, 2.05) is 0 Å². The van der Waals surface area contributed by atoms with E-state index in [4.69, 9.17) is 0 Å². The highest BCUT2D eigenvalue weighted by Crippen LogP contribution is 2.11. The van der Waals surface area contributed by atoms with Crippen molar-refractivity contribution in [1.29, 1.82) is 0 Å². The van der Waals surface area contributed by atoms with Crippen LogP contribution in [-0.2, 0) is 19.1 Å². The van der Waals surface area contributed by atoms with Gasteiger partial charge in [-0.25, -0.2) is 4.79 Å². The summed E-state index contributed by atoms with van der Waals surface area (Å²) in [5.41, 5.74) is 0. The van der Waals surface area contributed by atoms with Gasteiger partial charge in [-0.1, -0.05) is 6.42 Å². The molecule has 0 aromatic rings. The molecule has 0 atom stereocenters. The maximum absolute atomic E-state index is 11.8. The number of alkyl halides is 3. The highest BCUT2D eigenvalue weighted by molar-refractivity contribution is 5.95. The van der Waals surface area contributed by atoms with Gasteiger partial charge in [0.15, 0.2) is 6.61 Å². The average molecular weight is 355 g/mol. The van der Waals surface area contributed by atoms with Crippen LogP contribution in [0.5, 0.6) is 0 Å². The second-order valence-electron chi connectivity index (χ2n) is 4.80. The Labute approximate surface area is 136 Å². The largest absolute Gasteiger partial charge is 0.456 e. The van der Waals surface area contributed by atoms with E-state index < -0.39 is 37.2 Å². The summed E-state index contributed by atoms with van der Waals surface area (Å²) >= 11 is 0. The molecule has 0 spiro atoms. The van der Waals surface area contributed by atoms with Crippen LogP contribution >= 0.6 is 0 Å². The van der Waals surface area contributed by atoms with Crippen molar-refractivity contribution in [3.05, 3.63) is 0 Å². The molecule has 0 bridgehead atoms. The van der Waals surface area contributed by atoms with Gasteiger partial charge in [0.1, 0.15) is 6.54 Å². The Morgan fingerprint density at radius 2 is 1.67 bits per heavy atom. The summed E-state index contributed by atoms with van der Waals surface area (Å²) in [7, 11) is 0. The number of hydrogen-bond donors (Lipinski definition) is 3. The zero-order valence-corrected chi connectivity index (χ0v) is 13.1. The minimum Gasteiger partial charge on any atom is -0.456 e. The Kier molecular flexibility index (Phi) is 10.2. The number of carbonyl (C=O) groups is 4. The first-order valence-electron chi connectivity index (χ1n) is 7.14. The Morgan fingerprint density at radius 3 is 2.25 bits per heavy atom. The quantitative estimate of drug-likeness (QED) is 0.414. The lowest BCUT2D eigenvalue weighted by Crippen LogP contribution is -2.44. The summed E-state index contributed by atoms with van der Waals surface area (Å²) in [4.78, 5) is 44.0. The fourth-order valence-electron chi connectivity index (χ4n) is 1.44. The van der Waals surface area contributed by atoms with Gasteiger partial charge < -0.3 is 15.4 Å². The number of carbonyl (C=O) groups excluding carboxylic acids is 4. The van der Waals surface area contributed by atoms with Crippen molar-refractivity contribution < 1.29 is 37.1 Å². The standard InChI is InChI=1S/C13H20F3N3O5/c1-9(20)17-6-4-2-3-5-11(22)24-7-10(21)19-12(23)18-8-13(14,15)16/h2-8H2,1H3,(H,17,20)(H2,18,19,21,23). The lowest BCUT2D eigenvalue weighted by molar-refractivity contribution is -0.148. The molecule has 0 aromatic carbocycles. The Bertz CT molecular complexity index is 455. The number of amides is 4. The van der Waals surface area contributed by atoms with Gasteiger partial charge >= 0.3 is 18.2 Å². The second kappa shape index (κ2) is 11.2. The van der Waals surface area contributed by atoms with Crippen molar-refractivity contribution in [3.63, 3.8) is 0 Å². The minimum atomic E-state index is -4.59. The smallest absolute Gasteiger partial charge is 0.405 e. The summed E-state index contributed by atoms with van der Waals surface area (Å²) < 4.78 is 40.0. The minimum absolute atomic E-state index is 0.0492. The molecule has 0 rings (SSSR count). The number of esters is 1. The molecule has 0 fully saturated rings. The van der Waals surface area contributed by atoms with Crippen LogP contribution in [0.15, 0.2) is 0 Å². The van der Waals surface area contributed by atoms with Crippen molar-refractivity contribution in [3.8, 4) is 0 Å². The predicted molar refractivity (Wildman–Crippen MR) is 75.7 cm³/mol. The number of halogens is 3. The van der Waals surface area contributed by atoms with Gasteiger partial charge in [-0.05, 0) is 12.8 Å². The molecule has 8 nitrogen and oxygen atoms in total. The first-order valence-corrected chi connectivity index (χ1v) is 7.14. The molecule has 0 aromatic heterocycles. The van der Waals surface area contributed by atoms with Crippen molar-refractivity contribution >= 4 is 23.8 Å². The second-order valence-corrected chi connectivity index (χ2v) is 4.80. The van der Waals surface area contributed by atoms with Crippen LogP contribution in [0.3, 0.4) is 0 Å². The fraction of sp³-hybridized carbons (Fsp3) is 0.692. The molecule has 0 unspecified atom stereocenters. The molecule has 0 saturated carbocycles. The molecule has 11 heteroatoms. The van der Waals surface area contributed by atoms with Crippen LogP contribution in [-0.4, -0.2) is 49.7 Å². The molecule has 0 radical (unpaired) electrons. The number of imide groups is 1. The van der Waals surface area contributed by atoms with Crippen molar-refractivity contribution in [2.24, 2.45) is 0 Å². The van der Waals surface area contributed by atoms with Crippen LogP contribution in [0.4, 0.5) is 18.0 Å². The normalized spacial score (nSPS) is 10.7. The number of rotatable bonds is 9. The van der Waals surface area contributed by atoms with E-state index in [1.165, 1.54) is 12.2 Å². The Hall–Kier alpha value is -2.33. The molecule has 24 heavy (non-hydrogen) atoms. The third kappa shape index (κ3) is 14.6. The van der Waals surface area contributed by atoms with Gasteiger partial charge in [0.25, 0.3) is 5.91 Å². The zero-order chi connectivity index (χ0) is 18.6. The van der Waals surface area contributed by atoms with Crippen molar-refractivity contribution in [2.45, 2.75) is 38.8 Å². The van der Waals surface area contributed by atoms with Gasteiger partial charge in [0.2, 0.25) is 5.91 Å². The molecule has 0 aliphatic rings. The van der Waals surface area contributed by atoms with Crippen LogP contribution in [0.25, 0.3) is 0 Å². The molecular formula is C13H20F3N3O5. The molecular weight excluding hydrogens is 335 g/mol. The predicted octanol–water partition coefficient (Wildman–Crippen LogP) is 0.614. The van der Waals surface area contributed by atoms with Crippen molar-refractivity contribution in [1.82, 2.24) is 16.0 Å². The van der Waals surface area contributed by atoms with Crippen LogP contribution in [0.1, 0.15) is 32.6 Å². The Balaban J connectivity index is 3.69. The zero-order valence-electron chi connectivity index (χ0n) is 13.1. The monoisotopic (exact) mass is 355 g/mol. The summed E-state index contributed by atoms with van der Waals surface area (Å²) in [6.07, 6.45) is -2.69. The average Bonchev–Trinajstić information content (AvgIpc) is 2.45. The van der Waals surface area contributed by atoms with Gasteiger partial charge in [-0.2, -0.15) is 13.2 Å². The van der Waals surface area contributed by atoms with E-state index in [0.29, 0.717) is 25.8 Å². The van der Waals surface area contributed by atoms with Crippen molar-refractivity contribution in [2.75, 3.05) is 19.7 Å². The van der Waals surface area contributed by atoms with Gasteiger partial charge in [-0.15, -0.1) is 0 Å². The molecule has 138 valence electrons. The molecule has 3 N–H and O–H groups in total. The highest BCUT2D eigenvalue weighted by atomic mass is 19.4. The molecule has 4 amide bonds. The Morgan fingerprint density at radius 1 is 1.00 bits per heavy atom. The molecule has 0 aliphatic carbocycles. The first kappa shape index (κ1) is 21.7. The first-order chi connectivity index (χ1) is 11.1. The van der Waals surface area contributed by atoms with Crippen LogP contribution in [0, 0.1) is 0 Å². The number of ether oxygens (including phenoxy) is 1. The van der Waals surface area contributed by atoms with Gasteiger partial charge in [0.05, 0.1) is 0 Å². The number of hydrogen-bond acceptors (Lipinski definition) is 5. The van der Waals surface area contributed by atoms with Gasteiger partial charge in [-0.3, -0.25) is 19.7 Å². The van der Waals surface area contributed by atoms with Crippen LogP contribution < -0.4 is 16.0 Å². The summed E-state index contributed by atoms with van der Waals surface area (Å²) in [6.45, 7) is -0.444. The van der Waals surface area contributed by atoms with Crippen LogP contribution in [0.2, 0.25) is 0 Å². The number of urea groups is 1. The lowest BCUT2D eigenvalue weighted by Gasteiger charge is -2.09. The van der Waals surface area contributed by atoms with E-state index in [1.54, 1.807) is 5.32 Å². The van der Waals surface area contributed by atoms with Gasteiger partial charge in [0, 0.05) is 19.9 Å². The van der Waals surface area contributed by atoms with E-state index >= 15 is 0 Å². The summed E-state index contributed by atoms with van der Waals surface area (Å²) in [5.74, 6) is -1.84. The number of nitrogens with one attached hydrogen (secondary N) is 3. The maximum Gasteiger partial charge on any atom is 0.405 e. The highest BCUT2D eigenvalue weighted by Gasteiger charge is 2.28. The van der Waals surface area contributed by atoms with E-state index in [-0.39, 0.29) is 12.3 Å². The van der Waals surface area contributed by atoms with E-state index in [0.717, 1.165) is 0 Å². The molecule has 0 aliphatic heterocycles. The maximum atomic E-state index is 11.8. The summed E-state index contributed by atoms with van der Waals surface area (Å²) in [6, 6.07) is -1.33. The third-order valence-electron chi connectivity index (χ3n) is 2.50. The fourth-order valence-corrected chi connectivity index (χ4v) is 1.44. The van der Waals surface area contributed by atoms with E-state index in [9.17, 15) is 32.3 Å². The third-order valence-corrected chi connectivity index (χ3v) is 2.50. The van der Waals surface area contributed by atoms with E-state index in [2.05, 4.69) is 10.1 Å². The molecule has 0 saturated heterocycles. The number of unbranched alkanes of at least 4 members (excludes halogenated alkanes) is 2. The lowest BCUT2D eigenvalue weighted by atomic mass is 10.2.